The lowest BCUT2D eigenvalue weighted by Crippen LogP contribution is -2.51. The number of halogens is 1. The van der Waals surface area contributed by atoms with Gasteiger partial charge in [-0.2, -0.15) is 0 Å². The number of benzene rings is 1. The molecule has 0 bridgehead atoms. The molecule has 1 aromatic heterocycles. The predicted octanol–water partition coefficient (Wildman–Crippen LogP) is 0.555. The third kappa shape index (κ3) is 4.48. The van der Waals surface area contributed by atoms with Crippen LogP contribution in [-0.4, -0.2) is 51.5 Å². The highest BCUT2D eigenvalue weighted by molar-refractivity contribution is 5.76. The lowest BCUT2D eigenvalue weighted by Gasteiger charge is -2.32. The van der Waals surface area contributed by atoms with Crippen molar-refractivity contribution in [1.82, 2.24) is 25.5 Å². The van der Waals surface area contributed by atoms with Gasteiger partial charge in [-0.3, -0.25) is 4.79 Å². The molecule has 0 radical (unpaired) electrons. The maximum absolute atomic E-state index is 13.3. The fourth-order valence-electron chi connectivity index (χ4n) is 2.49. The number of amides is 1. The zero-order chi connectivity index (χ0) is 16.8. The molecule has 1 aliphatic rings. The maximum Gasteiger partial charge on any atom is 0.222 e. The average Bonchev–Trinajstić information content (AvgIpc) is 3.08. The van der Waals surface area contributed by atoms with Crippen LogP contribution in [-0.2, 0) is 16.1 Å². The molecule has 9 heteroatoms. The smallest absolute Gasteiger partial charge is 0.222 e. The van der Waals surface area contributed by atoms with Crippen LogP contribution in [0, 0.1) is 5.82 Å². The van der Waals surface area contributed by atoms with E-state index in [-0.39, 0.29) is 30.3 Å². The summed E-state index contributed by atoms with van der Waals surface area (Å²) in [7, 11) is 0. The van der Waals surface area contributed by atoms with E-state index in [1.807, 2.05) is 0 Å². The van der Waals surface area contributed by atoms with E-state index in [4.69, 9.17) is 9.47 Å². The van der Waals surface area contributed by atoms with Crippen LogP contribution in [0.2, 0.25) is 0 Å². The Bertz CT molecular complexity index is 667. The summed E-state index contributed by atoms with van der Waals surface area (Å²) in [6.45, 7) is 1.29. The summed E-state index contributed by atoms with van der Waals surface area (Å²) < 4.78 is 26.0. The Morgan fingerprint density at radius 3 is 3.21 bits per heavy atom. The average molecular weight is 335 g/mol. The number of aromatic nitrogens is 4. The van der Waals surface area contributed by atoms with Crippen LogP contribution in [0.5, 0.6) is 5.75 Å². The van der Waals surface area contributed by atoms with Gasteiger partial charge in [0.05, 0.1) is 25.8 Å². The maximum atomic E-state index is 13.3. The first-order valence-corrected chi connectivity index (χ1v) is 7.71. The Morgan fingerprint density at radius 1 is 1.50 bits per heavy atom. The number of aryl methyl sites for hydroxylation is 1. The van der Waals surface area contributed by atoms with Crippen molar-refractivity contribution >= 4 is 5.91 Å². The fourth-order valence-corrected chi connectivity index (χ4v) is 2.49. The highest BCUT2D eigenvalue weighted by atomic mass is 19.1. The topological polar surface area (TPSA) is 91.2 Å². The summed E-state index contributed by atoms with van der Waals surface area (Å²) in [5.74, 6) is -0.0646. The van der Waals surface area contributed by atoms with Gasteiger partial charge in [0, 0.05) is 18.9 Å². The lowest BCUT2D eigenvalue weighted by molar-refractivity contribution is -0.124. The molecular weight excluding hydrogens is 317 g/mol. The molecule has 1 amide bonds. The van der Waals surface area contributed by atoms with Crippen molar-refractivity contribution in [2.24, 2.45) is 0 Å². The molecule has 1 aliphatic heterocycles. The molecule has 0 saturated carbocycles. The molecule has 3 rings (SSSR count). The minimum absolute atomic E-state index is 0.145. The molecule has 2 unspecified atom stereocenters. The van der Waals surface area contributed by atoms with Crippen molar-refractivity contribution in [1.29, 1.82) is 0 Å². The SMILES string of the molecule is O=C(CCn1cnnn1)NC1COCCC1Oc1cccc(F)c1. The Kier molecular flexibility index (Phi) is 5.32. The van der Waals surface area contributed by atoms with Crippen molar-refractivity contribution in [3.63, 3.8) is 0 Å². The number of carbonyl (C=O) groups excluding carboxylic acids is 1. The van der Waals surface area contributed by atoms with Crippen LogP contribution >= 0.6 is 0 Å². The molecule has 1 aromatic carbocycles. The number of carbonyl (C=O) groups is 1. The first kappa shape index (κ1) is 16.3. The van der Waals surface area contributed by atoms with E-state index in [1.165, 1.54) is 23.1 Å². The third-order valence-corrected chi connectivity index (χ3v) is 3.68. The first-order valence-electron chi connectivity index (χ1n) is 7.71. The van der Waals surface area contributed by atoms with Gasteiger partial charge in [0.25, 0.3) is 0 Å². The molecule has 2 aromatic rings. The highest BCUT2D eigenvalue weighted by Gasteiger charge is 2.29. The molecule has 8 nitrogen and oxygen atoms in total. The standard InChI is InChI=1S/C15H18FN5O3/c16-11-2-1-3-12(8-11)24-14-5-7-23-9-13(14)18-15(22)4-6-21-10-17-19-20-21/h1-3,8,10,13-14H,4-7,9H2,(H,18,22). The molecule has 24 heavy (non-hydrogen) atoms. The molecule has 1 fully saturated rings. The zero-order valence-corrected chi connectivity index (χ0v) is 13.0. The quantitative estimate of drug-likeness (QED) is 0.829. The van der Waals surface area contributed by atoms with Crippen LogP contribution in [0.3, 0.4) is 0 Å². The minimum atomic E-state index is -0.360. The van der Waals surface area contributed by atoms with Gasteiger partial charge in [0.15, 0.2) is 0 Å². The fraction of sp³-hybridized carbons (Fsp3) is 0.467. The van der Waals surface area contributed by atoms with Gasteiger partial charge in [-0.15, -0.1) is 5.10 Å². The number of ether oxygens (including phenoxy) is 2. The van der Waals surface area contributed by atoms with Gasteiger partial charge in [-0.1, -0.05) is 6.07 Å². The number of nitrogens with one attached hydrogen (secondary N) is 1. The second kappa shape index (κ2) is 7.82. The zero-order valence-electron chi connectivity index (χ0n) is 13.0. The van der Waals surface area contributed by atoms with E-state index in [0.717, 1.165) is 0 Å². The molecule has 2 heterocycles. The van der Waals surface area contributed by atoms with Gasteiger partial charge in [-0.25, -0.2) is 9.07 Å². The van der Waals surface area contributed by atoms with E-state index in [0.29, 0.717) is 31.9 Å². The van der Waals surface area contributed by atoms with Gasteiger partial charge in [0.2, 0.25) is 5.91 Å². The highest BCUT2D eigenvalue weighted by Crippen LogP contribution is 2.19. The summed E-state index contributed by atoms with van der Waals surface area (Å²) in [4.78, 5) is 12.1. The number of nitrogens with zero attached hydrogens (tertiary/aromatic N) is 4. The lowest BCUT2D eigenvalue weighted by atomic mass is 10.1. The molecule has 2 atom stereocenters. The Balaban J connectivity index is 1.54. The molecule has 1 saturated heterocycles. The van der Waals surface area contributed by atoms with Crippen LogP contribution in [0.25, 0.3) is 0 Å². The van der Waals surface area contributed by atoms with Gasteiger partial charge in [-0.05, 0) is 22.6 Å². The summed E-state index contributed by atoms with van der Waals surface area (Å²) >= 11 is 0. The summed E-state index contributed by atoms with van der Waals surface area (Å²) in [6.07, 6.45) is 2.05. The van der Waals surface area contributed by atoms with Gasteiger partial charge in [0.1, 0.15) is 24.0 Å². The summed E-state index contributed by atoms with van der Waals surface area (Å²) in [5.41, 5.74) is 0. The van der Waals surface area contributed by atoms with Gasteiger partial charge >= 0.3 is 0 Å². The van der Waals surface area contributed by atoms with Crippen molar-refractivity contribution in [3.8, 4) is 5.75 Å². The number of tetrazole rings is 1. The first-order chi connectivity index (χ1) is 11.7. The van der Waals surface area contributed by atoms with Gasteiger partial charge < -0.3 is 14.8 Å². The second-order valence-corrected chi connectivity index (χ2v) is 5.47. The minimum Gasteiger partial charge on any atom is -0.488 e. The van der Waals surface area contributed by atoms with Crippen LogP contribution in [0.15, 0.2) is 30.6 Å². The van der Waals surface area contributed by atoms with E-state index in [1.54, 1.807) is 12.1 Å². The number of hydrogen-bond acceptors (Lipinski definition) is 6. The van der Waals surface area contributed by atoms with E-state index in [2.05, 4.69) is 20.8 Å². The van der Waals surface area contributed by atoms with Crippen molar-refractivity contribution in [2.75, 3.05) is 13.2 Å². The van der Waals surface area contributed by atoms with Crippen LogP contribution in [0.1, 0.15) is 12.8 Å². The van der Waals surface area contributed by atoms with Crippen LogP contribution in [0.4, 0.5) is 4.39 Å². The van der Waals surface area contributed by atoms with E-state index in [9.17, 15) is 9.18 Å². The van der Waals surface area contributed by atoms with Crippen molar-refractivity contribution < 1.29 is 18.7 Å². The van der Waals surface area contributed by atoms with Crippen molar-refractivity contribution in [3.05, 3.63) is 36.4 Å². The molecule has 0 aliphatic carbocycles. The predicted molar refractivity (Wildman–Crippen MR) is 80.6 cm³/mol. The van der Waals surface area contributed by atoms with E-state index >= 15 is 0 Å². The normalized spacial score (nSPS) is 20.5. The summed E-state index contributed by atoms with van der Waals surface area (Å²) in [6, 6.07) is 5.67. The molecule has 1 N–H and O–H groups in total. The Labute approximate surface area is 137 Å². The molecule has 128 valence electrons. The molecular formula is C15H18FN5O3. The third-order valence-electron chi connectivity index (χ3n) is 3.68. The molecule has 0 spiro atoms. The largest absolute Gasteiger partial charge is 0.488 e. The Morgan fingerprint density at radius 2 is 2.42 bits per heavy atom. The monoisotopic (exact) mass is 335 g/mol. The Hall–Kier alpha value is -2.55. The second-order valence-electron chi connectivity index (χ2n) is 5.47. The van der Waals surface area contributed by atoms with Crippen molar-refractivity contribution in [2.45, 2.75) is 31.5 Å². The van der Waals surface area contributed by atoms with E-state index < -0.39 is 0 Å². The number of hydrogen-bond donors (Lipinski definition) is 1. The van der Waals surface area contributed by atoms with Crippen LogP contribution < -0.4 is 10.1 Å². The summed E-state index contributed by atoms with van der Waals surface area (Å²) in [5, 5.41) is 13.6. The number of rotatable bonds is 6.